The van der Waals surface area contributed by atoms with Crippen molar-refractivity contribution >= 4 is 23.4 Å². The predicted molar refractivity (Wildman–Crippen MR) is 119 cm³/mol. The molecule has 0 bridgehead atoms. The summed E-state index contributed by atoms with van der Waals surface area (Å²) in [6.45, 7) is 6.57. The molecule has 0 aliphatic heterocycles. The van der Waals surface area contributed by atoms with E-state index in [1.54, 1.807) is 0 Å². The first-order chi connectivity index (χ1) is 14.2. The van der Waals surface area contributed by atoms with Crippen LogP contribution in [0.15, 0.2) is 72.4 Å². The minimum absolute atomic E-state index is 0.0572. The molecule has 0 aliphatic carbocycles. The molecule has 6 heteroatoms. The van der Waals surface area contributed by atoms with Crippen molar-refractivity contribution in [3.05, 3.63) is 84.2 Å². The zero-order chi connectivity index (χ0) is 20.5. The van der Waals surface area contributed by atoms with Crippen LogP contribution >= 0.6 is 11.8 Å². The molecule has 5 nitrogen and oxygen atoms in total. The maximum atomic E-state index is 12.3. The maximum Gasteiger partial charge on any atom is 0.234 e. The van der Waals surface area contributed by atoms with Crippen molar-refractivity contribution < 1.29 is 4.79 Å². The van der Waals surface area contributed by atoms with E-state index < -0.39 is 0 Å². The van der Waals surface area contributed by atoms with Crippen molar-refractivity contribution in [2.45, 2.75) is 37.9 Å². The van der Waals surface area contributed by atoms with E-state index in [0.29, 0.717) is 6.54 Å². The smallest absolute Gasteiger partial charge is 0.234 e. The molecule has 1 amide bonds. The summed E-state index contributed by atoms with van der Waals surface area (Å²) in [7, 11) is 0. The molecular weight excluding hydrogens is 380 g/mol. The molecule has 0 atom stereocenters. The Morgan fingerprint density at radius 2 is 1.83 bits per heavy atom. The summed E-state index contributed by atoms with van der Waals surface area (Å²) < 4.78 is 2.03. The van der Waals surface area contributed by atoms with Gasteiger partial charge in [0.2, 0.25) is 5.91 Å². The van der Waals surface area contributed by atoms with Crippen LogP contribution in [-0.2, 0) is 30.6 Å². The van der Waals surface area contributed by atoms with E-state index >= 15 is 0 Å². The Balaban J connectivity index is 1.58. The lowest BCUT2D eigenvalue weighted by atomic mass is 10.1. The van der Waals surface area contributed by atoms with Crippen molar-refractivity contribution in [2.75, 3.05) is 11.1 Å². The Hall–Kier alpha value is -2.86. The fourth-order valence-corrected chi connectivity index (χ4v) is 3.74. The van der Waals surface area contributed by atoms with Gasteiger partial charge in [-0.25, -0.2) is 0 Å². The standard InChI is InChI=1S/C23H26N4OS/c1-3-16-27-21(15-12-19-8-6-5-7-9-19)25-26-23(27)29-17-22(28)24-20-13-10-18(4-2)11-14-20/h3,5-11,13-14H,1,4,12,15-17H2,2H3,(H,24,28). The number of anilines is 1. The zero-order valence-electron chi connectivity index (χ0n) is 16.7. The molecule has 1 aromatic heterocycles. The number of carbonyl (C=O) groups excluding carboxylic acids is 1. The Morgan fingerprint density at radius 1 is 1.07 bits per heavy atom. The molecule has 1 heterocycles. The summed E-state index contributed by atoms with van der Waals surface area (Å²) in [6.07, 6.45) is 4.50. The Morgan fingerprint density at radius 3 is 2.52 bits per heavy atom. The van der Waals surface area contributed by atoms with Crippen molar-refractivity contribution in [1.82, 2.24) is 14.8 Å². The molecule has 0 saturated heterocycles. The van der Waals surface area contributed by atoms with Gasteiger partial charge in [0.25, 0.3) is 0 Å². The molecule has 0 unspecified atom stereocenters. The minimum Gasteiger partial charge on any atom is -0.325 e. The fraction of sp³-hybridized carbons (Fsp3) is 0.261. The Kier molecular flexibility index (Phi) is 7.64. The first-order valence-electron chi connectivity index (χ1n) is 9.78. The summed E-state index contributed by atoms with van der Waals surface area (Å²) in [5.41, 5.74) is 3.32. The number of amides is 1. The highest BCUT2D eigenvalue weighted by Gasteiger charge is 2.13. The van der Waals surface area contributed by atoms with Crippen LogP contribution in [0.25, 0.3) is 0 Å². The van der Waals surface area contributed by atoms with Crippen LogP contribution in [0.3, 0.4) is 0 Å². The monoisotopic (exact) mass is 406 g/mol. The molecular formula is C23H26N4OS. The lowest BCUT2D eigenvalue weighted by Crippen LogP contribution is -2.15. The number of allylic oxidation sites excluding steroid dienone is 1. The van der Waals surface area contributed by atoms with Crippen molar-refractivity contribution in [2.24, 2.45) is 0 Å². The molecule has 0 spiro atoms. The molecule has 3 aromatic rings. The predicted octanol–water partition coefficient (Wildman–Crippen LogP) is 4.54. The van der Waals surface area contributed by atoms with Crippen LogP contribution in [-0.4, -0.2) is 26.4 Å². The van der Waals surface area contributed by atoms with Gasteiger partial charge in [-0.15, -0.1) is 16.8 Å². The third kappa shape index (κ3) is 6.06. The van der Waals surface area contributed by atoms with Crippen LogP contribution in [0.5, 0.6) is 0 Å². The molecule has 1 N–H and O–H groups in total. The summed E-state index contributed by atoms with van der Waals surface area (Å²) in [4.78, 5) is 12.3. The van der Waals surface area contributed by atoms with E-state index in [1.807, 2.05) is 53.1 Å². The second kappa shape index (κ2) is 10.6. The molecule has 150 valence electrons. The van der Waals surface area contributed by atoms with Crippen LogP contribution in [0.4, 0.5) is 5.69 Å². The summed E-state index contributed by atoms with van der Waals surface area (Å²) in [6, 6.07) is 18.3. The van der Waals surface area contributed by atoms with Crippen LogP contribution in [0, 0.1) is 0 Å². The number of rotatable bonds is 10. The number of hydrogen-bond acceptors (Lipinski definition) is 4. The number of nitrogens with one attached hydrogen (secondary N) is 1. The van der Waals surface area contributed by atoms with Crippen molar-refractivity contribution in [3.63, 3.8) is 0 Å². The lowest BCUT2D eigenvalue weighted by Gasteiger charge is -2.08. The number of thioether (sulfide) groups is 1. The van der Waals surface area contributed by atoms with Crippen LogP contribution in [0.2, 0.25) is 0 Å². The van der Waals surface area contributed by atoms with Crippen LogP contribution < -0.4 is 5.32 Å². The zero-order valence-corrected chi connectivity index (χ0v) is 17.5. The van der Waals surface area contributed by atoms with E-state index in [1.165, 1.54) is 22.9 Å². The molecule has 29 heavy (non-hydrogen) atoms. The molecule has 0 saturated carbocycles. The molecule has 2 aromatic carbocycles. The van der Waals surface area contributed by atoms with Gasteiger partial charge in [-0.1, -0.05) is 67.2 Å². The molecule has 0 radical (unpaired) electrons. The highest BCUT2D eigenvalue weighted by molar-refractivity contribution is 7.99. The maximum absolute atomic E-state index is 12.3. The second-order valence-corrected chi connectivity index (χ2v) is 7.61. The van der Waals surface area contributed by atoms with E-state index in [4.69, 9.17) is 0 Å². The van der Waals surface area contributed by atoms with Gasteiger partial charge in [0.05, 0.1) is 5.75 Å². The number of carbonyl (C=O) groups is 1. The summed E-state index contributed by atoms with van der Waals surface area (Å²) in [5.74, 6) is 1.13. The van der Waals surface area contributed by atoms with Gasteiger partial charge in [0.15, 0.2) is 5.16 Å². The Labute approximate surface area is 176 Å². The fourth-order valence-electron chi connectivity index (χ4n) is 2.97. The number of nitrogens with zero attached hydrogens (tertiary/aromatic N) is 3. The third-order valence-corrected chi connectivity index (χ3v) is 5.53. The topological polar surface area (TPSA) is 59.8 Å². The highest BCUT2D eigenvalue weighted by Crippen LogP contribution is 2.19. The van der Waals surface area contributed by atoms with Gasteiger partial charge in [0.1, 0.15) is 5.82 Å². The molecule has 3 rings (SSSR count). The highest BCUT2D eigenvalue weighted by atomic mass is 32.2. The van der Waals surface area contributed by atoms with Gasteiger partial charge in [-0.2, -0.15) is 0 Å². The average Bonchev–Trinajstić information content (AvgIpc) is 3.14. The van der Waals surface area contributed by atoms with E-state index in [0.717, 1.165) is 35.9 Å². The van der Waals surface area contributed by atoms with Gasteiger partial charge in [-0.05, 0) is 36.1 Å². The number of hydrogen-bond donors (Lipinski definition) is 1. The van der Waals surface area contributed by atoms with E-state index in [9.17, 15) is 4.79 Å². The van der Waals surface area contributed by atoms with Gasteiger partial charge < -0.3 is 9.88 Å². The average molecular weight is 407 g/mol. The van der Waals surface area contributed by atoms with E-state index in [2.05, 4.69) is 41.1 Å². The number of aromatic nitrogens is 3. The first-order valence-corrected chi connectivity index (χ1v) is 10.8. The molecule has 0 aliphatic rings. The normalized spacial score (nSPS) is 10.7. The van der Waals surface area contributed by atoms with Crippen LogP contribution in [0.1, 0.15) is 23.9 Å². The largest absolute Gasteiger partial charge is 0.325 e. The molecule has 0 fully saturated rings. The quantitative estimate of drug-likeness (QED) is 0.397. The van der Waals surface area contributed by atoms with E-state index in [-0.39, 0.29) is 11.7 Å². The van der Waals surface area contributed by atoms with Crippen molar-refractivity contribution in [3.8, 4) is 0 Å². The SMILES string of the molecule is C=CCn1c(CCc2ccccc2)nnc1SCC(=O)Nc1ccc(CC)cc1. The Bertz CT molecular complexity index is 935. The van der Waals surface area contributed by atoms with Gasteiger partial charge in [0, 0.05) is 18.7 Å². The third-order valence-electron chi connectivity index (χ3n) is 4.56. The summed E-state index contributed by atoms with van der Waals surface area (Å²) >= 11 is 1.39. The van der Waals surface area contributed by atoms with Gasteiger partial charge >= 0.3 is 0 Å². The number of benzene rings is 2. The summed E-state index contributed by atoms with van der Waals surface area (Å²) in [5, 5.41) is 12.3. The lowest BCUT2D eigenvalue weighted by molar-refractivity contribution is -0.113. The minimum atomic E-state index is -0.0572. The second-order valence-electron chi connectivity index (χ2n) is 6.67. The first kappa shape index (κ1) is 20.9. The van der Waals surface area contributed by atoms with Crippen molar-refractivity contribution in [1.29, 1.82) is 0 Å². The van der Waals surface area contributed by atoms with Gasteiger partial charge in [-0.3, -0.25) is 4.79 Å². The number of aryl methyl sites for hydroxylation is 3.